The standard InChI is InChI=1S/C18H20N2O4S/c1-11-19-15(10-25-11)12-4-2-5-13(8-12)17(21)20-16(18(22)23)14-6-3-7-24-9-14/h2,4-5,8,10,14,16H,3,6-7,9H2,1H3,(H,20,21)(H,22,23). The van der Waals surface area contributed by atoms with E-state index in [4.69, 9.17) is 4.74 Å². The third-order valence-electron chi connectivity index (χ3n) is 4.26. The molecule has 1 aliphatic rings. The van der Waals surface area contributed by atoms with Crippen molar-refractivity contribution < 1.29 is 19.4 Å². The summed E-state index contributed by atoms with van der Waals surface area (Å²) in [5, 5.41) is 15.0. The van der Waals surface area contributed by atoms with Crippen molar-refractivity contribution in [2.75, 3.05) is 13.2 Å². The maximum Gasteiger partial charge on any atom is 0.326 e. The zero-order valence-corrected chi connectivity index (χ0v) is 14.7. The summed E-state index contributed by atoms with van der Waals surface area (Å²) in [7, 11) is 0. The molecule has 0 aliphatic carbocycles. The second-order valence-corrected chi connectivity index (χ2v) is 7.16. The molecule has 1 aliphatic heterocycles. The minimum absolute atomic E-state index is 0.209. The zero-order valence-electron chi connectivity index (χ0n) is 13.9. The fourth-order valence-corrected chi connectivity index (χ4v) is 3.57. The van der Waals surface area contributed by atoms with Gasteiger partial charge in [-0.05, 0) is 31.9 Å². The van der Waals surface area contributed by atoms with Crippen LogP contribution >= 0.6 is 11.3 Å². The molecule has 7 heteroatoms. The summed E-state index contributed by atoms with van der Waals surface area (Å²) in [4.78, 5) is 28.6. The van der Waals surface area contributed by atoms with Crippen LogP contribution < -0.4 is 5.32 Å². The largest absolute Gasteiger partial charge is 0.480 e. The van der Waals surface area contributed by atoms with E-state index in [-0.39, 0.29) is 5.92 Å². The lowest BCUT2D eigenvalue weighted by Crippen LogP contribution is -2.48. The summed E-state index contributed by atoms with van der Waals surface area (Å²) >= 11 is 1.54. The van der Waals surface area contributed by atoms with E-state index in [1.54, 1.807) is 29.5 Å². The maximum atomic E-state index is 12.6. The van der Waals surface area contributed by atoms with Gasteiger partial charge in [-0.25, -0.2) is 9.78 Å². The van der Waals surface area contributed by atoms with Crippen molar-refractivity contribution in [1.29, 1.82) is 0 Å². The molecule has 2 unspecified atom stereocenters. The third kappa shape index (κ3) is 4.24. The van der Waals surface area contributed by atoms with E-state index in [9.17, 15) is 14.7 Å². The highest BCUT2D eigenvalue weighted by atomic mass is 32.1. The van der Waals surface area contributed by atoms with Gasteiger partial charge in [-0.1, -0.05) is 12.1 Å². The number of carboxylic acids is 1. The smallest absolute Gasteiger partial charge is 0.326 e. The third-order valence-corrected chi connectivity index (χ3v) is 5.03. The number of carbonyl (C=O) groups is 2. The van der Waals surface area contributed by atoms with Crippen LogP contribution in [0.5, 0.6) is 0 Å². The fraction of sp³-hybridized carbons (Fsp3) is 0.389. The minimum Gasteiger partial charge on any atom is -0.480 e. The number of carboxylic acid groups (broad SMARTS) is 1. The van der Waals surface area contributed by atoms with Crippen LogP contribution in [-0.2, 0) is 9.53 Å². The number of rotatable bonds is 5. The number of nitrogens with zero attached hydrogens (tertiary/aromatic N) is 1. The normalized spacial score (nSPS) is 18.5. The predicted molar refractivity (Wildman–Crippen MR) is 94.7 cm³/mol. The highest BCUT2D eigenvalue weighted by molar-refractivity contribution is 7.09. The molecule has 0 spiro atoms. The quantitative estimate of drug-likeness (QED) is 0.856. The van der Waals surface area contributed by atoms with Crippen molar-refractivity contribution >= 4 is 23.2 Å². The molecule has 1 aromatic heterocycles. The predicted octanol–water partition coefficient (Wildman–Crippen LogP) is 2.73. The molecule has 0 radical (unpaired) electrons. The van der Waals surface area contributed by atoms with Crippen LogP contribution in [0.1, 0.15) is 28.2 Å². The van der Waals surface area contributed by atoms with Gasteiger partial charge >= 0.3 is 5.97 Å². The molecule has 1 saturated heterocycles. The van der Waals surface area contributed by atoms with Crippen molar-refractivity contribution in [2.45, 2.75) is 25.8 Å². The second-order valence-electron chi connectivity index (χ2n) is 6.10. The number of aryl methyl sites for hydroxylation is 1. The first-order chi connectivity index (χ1) is 12.0. The van der Waals surface area contributed by atoms with Crippen molar-refractivity contribution in [1.82, 2.24) is 10.3 Å². The van der Waals surface area contributed by atoms with Gasteiger partial charge in [0.25, 0.3) is 5.91 Å². The van der Waals surface area contributed by atoms with Crippen molar-refractivity contribution in [3.8, 4) is 11.3 Å². The van der Waals surface area contributed by atoms with Gasteiger partial charge in [0.1, 0.15) is 6.04 Å². The lowest BCUT2D eigenvalue weighted by molar-refractivity contribution is -0.142. The average Bonchev–Trinajstić information content (AvgIpc) is 3.06. The van der Waals surface area contributed by atoms with Gasteiger partial charge in [-0.3, -0.25) is 4.79 Å². The molecule has 0 saturated carbocycles. The molecule has 1 fully saturated rings. The Morgan fingerprint density at radius 2 is 2.28 bits per heavy atom. The summed E-state index contributed by atoms with van der Waals surface area (Å²) < 4.78 is 5.36. The number of hydrogen-bond acceptors (Lipinski definition) is 5. The Kier molecular flexibility index (Phi) is 5.45. The van der Waals surface area contributed by atoms with Crippen molar-refractivity contribution in [3.05, 3.63) is 40.2 Å². The molecule has 2 atom stereocenters. The highest BCUT2D eigenvalue weighted by Crippen LogP contribution is 2.23. The lowest BCUT2D eigenvalue weighted by Gasteiger charge is -2.28. The van der Waals surface area contributed by atoms with E-state index < -0.39 is 17.9 Å². The molecule has 132 valence electrons. The number of aliphatic carboxylic acids is 1. The molecule has 25 heavy (non-hydrogen) atoms. The van der Waals surface area contributed by atoms with E-state index in [2.05, 4.69) is 10.3 Å². The van der Waals surface area contributed by atoms with Gasteiger partial charge < -0.3 is 15.2 Å². The Bertz CT molecular complexity index is 768. The average molecular weight is 360 g/mol. The van der Waals surface area contributed by atoms with Gasteiger partial charge in [-0.2, -0.15) is 0 Å². The van der Waals surface area contributed by atoms with Crippen LogP contribution in [0.3, 0.4) is 0 Å². The van der Waals surface area contributed by atoms with E-state index in [1.165, 1.54) is 0 Å². The molecule has 6 nitrogen and oxygen atoms in total. The van der Waals surface area contributed by atoms with Gasteiger partial charge in [0, 0.05) is 29.0 Å². The van der Waals surface area contributed by atoms with E-state index in [0.29, 0.717) is 18.8 Å². The Morgan fingerprint density at radius 3 is 2.92 bits per heavy atom. The first-order valence-electron chi connectivity index (χ1n) is 8.18. The van der Waals surface area contributed by atoms with Gasteiger partial charge in [-0.15, -0.1) is 11.3 Å². The monoisotopic (exact) mass is 360 g/mol. The van der Waals surface area contributed by atoms with Crippen molar-refractivity contribution in [3.63, 3.8) is 0 Å². The minimum atomic E-state index is -1.03. The van der Waals surface area contributed by atoms with Gasteiger partial charge in [0.15, 0.2) is 0 Å². The summed E-state index contributed by atoms with van der Waals surface area (Å²) in [6, 6.07) is 6.12. The number of amides is 1. The Balaban J connectivity index is 1.76. The van der Waals surface area contributed by atoms with Crippen LogP contribution in [0.15, 0.2) is 29.6 Å². The summed E-state index contributed by atoms with van der Waals surface area (Å²) in [5.74, 6) is -1.64. The first-order valence-corrected chi connectivity index (χ1v) is 9.06. The molecular formula is C18H20N2O4S. The topological polar surface area (TPSA) is 88.5 Å². The number of thiazole rings is 1. The number of nitrogens with one attached hydrogen (secondary N) is 1. The van der Waals surface area contributed by atoms with E-state index >= 15 is 0 Å². The van der Waals surface area contributed by atoms with Crippen LogP contribution in [0.4, 0.5) is 0 Å². The molecule has 1 amide bonds. The Morgan fingerprint density at radius 1 is 1.44 bits per heavy atom. The molecule has 2 aromatic rings. The number of benzene rings is 1. The number of carbonyl (C=O) groups excluding carboxylic acids is 1. The lowest BCUT2D eigenvalue weighted by atomic mass is 9.93. The number of ether oxygens (including phenoxy) is 1. The highest BCUT2D eigenvalue weighted by Gasteiger charge is 2.31. The molecular weight excluding hydrogens is 340 g/mol. The van der Waals surface area contributed by atoms with Crippen molar-refractivity contribution in [2.24, 2.45) is 5.92 Å². The van der Waals surface area contributed by atoms with Crippen LogP contribution in [-0.4, -0.2) is 41.2 Å². The van der Waals surface area contributed by atoms with E-state index in [0.717, 1.165) is 29.1 Å². The number of aromatic nitrogens is 1. The molecule has 2 N–H and O–H groups in total. The molecule has 2 heterocycles. The van der Waals surface area contributed by atoms with Gasteiger partial charge in [0.2, 0.25) is 0 Å². The summed E-state index contributed by atoms with van der Waals surface area (Å²) in [6.45, 7) is 2.93. The molecule has 1 aromatic carbocycles. The Hall–Kier alpha value is -2.25. The molecule has 3 rings (SSSR count). The second kappa shape index (κ2) is 7.76. The van der Waals surface area contributed by atoms with Crippen LogP contribution in [0.25, 0.3) is 11.3 Å². The number of hydrogen-bond donors (Lipinski definition) is 2. The zero-order chi connectivity index (χ0) is 17.8. The summed E-state index contributed by atoms with van der Waals surface area (Å²) in [5.41, 5.74) is 2.07. The first kappa shape index (κ1) is 17.6. The van der Waals surface area contributed by atoms with Crippen LogP contribution in [0.2, 0.25) is 0 Å². The SMILES string of the molecule is Cc1nc(-c2cccc(C(=O)NC(C(=O)O)C3CCCOC3)c2)cs1. The summed E-state index contributed by atoms with van der Waals surface area (Å²) in [6.07, 6.45) is 1.54. The fourth-order valence-electron chi connectivity index (χ4n) is 2.95. The maximum absolute atomic E-state index is 12.6. The Labute approximate surface area is 149 Å². The van der Waals surface area contributed by atoms with Crippen LogP contribution in [0, 0.1) is 12.8 Å². The van der Waals surface area contributed by atoms with Gasteiger partial charge in [0.05, 0.1) is 17.3 Å². The van der Waals surface area contributed by atoms with E-state index in [1.807, 2.05) is 18.4 Å². The molecule has 0 bridgehead atoms.